The van der Waals surface area contributed by atoms with Crippen molar-refractivity contribution in [3.05, 3.63) is 0 Å². The number of rotatable bonds is 54. The Kier molecular flexibility index (Phi) is 52.5. The molecule has 0 bridgehead atoms. The van der Waals surface area contributed by atoms with Crippen molar-refractivity contribution in [2.75, 3.05) is 13.2 Å². The van der Waals surface area contributed by atoms with Crippen molar-refractivity contribution >= 4 is 11.9 Å². The molecule has 0 rings (SSSR count). The Morgan fingerprint density at radius 2 is 0.651 bits per heavy atom. The van der Waals surface area contributed by atoms with Crippen LogP contribution in [0.3, 0.4) is 0 Å². The average molecular weight is 893 g/mol. The third kappa shape index (κ3) is 50.1. The van der Waals surface area contributed by atoms with Gasteiger partial charge in [-0.25, -0.2) is 0 Å². The summed E-state index contributed by atoms with van der Waals surface area (Å²) in [5, 5.41) is 23.2. The molecule has 0 heterocycles. The Labute approximate surface area is 394 Å². The number of carbonyl (C=O) groups is 2. The van der Waals surface area contributed by atoms with E-state index in [-0.39, 0.29) is 18.5 Å². The molecule has 0 aromatic heterocycles. The summed E-state index contributed by atoms with van der Waals surface area (Å²) in [6.45, 7) is 4.97. The minimum Gasteiger partial charge on any atom is -0.466 e. The lowest BCUT2D eigenvalue weighted by atomic mass is 10.0. The van der Waals surface area contributed by atoms with E-state index < -0.39 is 12.1 Å². The zero-order valence-corrected chi connectivity index (χ0v) is 42.8. The van der Waals surface area contributed by atoms with E-state index in [1.54, 1.807) is 0 Å². The maximum atomic E-state index is 12.5. The van der Waals surface area contributed by atoms with E-state index in [1.807, 2.05) is 0 Å². The van der Waals surface area contributed by atoms with Crippen molar-refractivity contribution in [3.8, 4) is 0 Å². The van der Waals surface area contributed by atoms with E-state index in [0.717, 1.165) is 38.5 Å². The number of nitrogens with one attached hydrogen (secondary N) is 1. The lowest BCUT2D eigenvalue weighted by Crippen LogP contribution is -2.45. The fourth-order valence-corrected chi connectivity index (χ4v) is 9.23. The van der Waals surface area contributed by atoms with Crippen LogP contribution in [0.25, 0.3) is 0 Å². The van der Waals surface area contributed by atoms with Crippen LogP contribution in [0.15, 0.2) is 0 Å². The number of carbonyl (C=O) groups excluding carboxylic acids is 2. The third-order valence-electron chi connectivity index (χ3n) is 13.7. The van der Waals surface area contributed by atoms with Crippen LogP contribution in [-0.4, -0.2) is 47.4 Å². The number of esters is 1. The molecular weight excluding hydrogens is 779 g/mol. The van der Waals surface area contributed by atoms with Gasteiger partial charge in [0.2, 0.25) is 5.91 Å². The second-order valence-electron chi connectivity index (χ2n) is 20.0. The Morgan fingerprint density at radius 1 is 0.381 bits per heavy atom. The maximum absolute atomic E-state index is 12.5. The molecule has 0 aromatic carbocycles. The van der Waals surface area contributed by atoms with E-state index in [9.17, 15) is 19.8 Å². The van der Waals surface area contributed by atoms with E-state index >= 15 is 0 Å². The predicted molar refractivity (Wildman–Crippen MR) is 274 cm³/mol. The first kappa shape index (κ1) is 61.9. The molecule has 0 saturated carbocycles. The summed E-state index contributed by atoms with van der Waals surface area (Å²) in [7, 11) is 0. The van der Waals surface area contributed by atoms with Gasteiger partial charge in [-0.15, -0.1) is 0 Å². The fourth-order valence-electron chi connectivity index (χ4n) is 9.23. The largest absolute Gasteiger partial charge is 0.466 e. The summed E-state index contributed by atoms with van der Waals surface area (Å²) in [6.07, 6.45) is 60.9. The Morgan fingerprint density at radius 3 is 0.968 bits per heavy atom. The summed E-state index contributed by atoms with van der Waals surface area (Å²) in [4.78, 5) is 24.5. The first-order valence-corrected chi connectivity index (χ1v) is 28.8. The van der Waals surface area contributed by atoms with Gasteiger partial charge in [-0.05, 0) is 25.7 Å². The van der Waals surface area contributed by atoms with Gasteiger partial charge in [-0.1, -0.05) is 290 Å². The van der Waals surface area contributed by atoms with Crippen LogP contribution in [0.4, 0.5) is 0 Å². The molecule has 0 aliphatic rings. The molecule has 376 valence electrons. The second-order valence-corrected chi connectivity index (χ2v) is 20.0. The number of amides is 1. The van der Waals surface area contributed by atoms with Gasteiger partial charge in [0, 0.05) is 12.8 Å². The zero-order chi connectivity index (χ0) is 45.8. The molecule has 0 spiro atoms. The number of unbranched alkanes of at least 4 members (excludes halogenated alkanes) is 43. The van der Waals surface area contributed by atoms with Gasteiger partial charge in [0.25, 0.3) is 0 Å². The van der Waals surface area contributed by atoms with Crippen LogP contribution in [0.5, 0.6) is 0 Å². The molecule has 0 aliphatic heterocycles. The van der Waals surface area contributed by atoms with Crippen LogP contribution in [0.1, 0.15) is 328 Å². The molecule has 0 aliphatic carbocycles. The van der Waals surface area contributed by atoms with Gasteiger partial charge >= 0.3 is 5.97 Å². The second kappa shape index (κ2) is 53.5. The molecular formula is C57H113NO5. The highest BCUT2D eigenvalue weighted by atomic mass is 16.5. The maximum Gasteiger partial charge on any atom is 0.305 e. The summed E-state index contributed by atoms with van der Waals surface area (Å²) in [6, 6.07) is -0.543. The summed E-state index contributed by atoms with van der Waals surface area (Å²) < 4.78 is 5.48. The van der Waals surface area contributed by atoms with Crippen LogP contribution in [0, 0.1) is 0 Å². The first-order valence-electron chi connectivity index (χ1n) is 28.8. The molecule has 1 amide bonds. The fraction of sp³-hybridized carbons (Fsp3) is 0.965. The van der Waals surface area contributed by atoms with Gasteiger partial charge in [0.15, 0.2) is 0 Å². The standard InChI is InChI=1S/C57H113NO5/c1-3-5-7-9-11-13-15-17-22-27-31-35-39-43-47-51-57(62)63-52-48-44-40-36-32-28-24-21-19-20-23-26-30-34-38-42-46-50-56(61)58-54(53-59)55(60)49-45-41-37-33-29-25-18-16-14-12-10-8-6-4-2/h54-55,59-60H,3-53H2,1-2H3,(H,58,61). The minimum atomic E-state index is -0.666. The van der Waals surface area contributed by atoms with E-state index in [2.05, 4.69) is 19.2 Å². The smallest absolute Gasteiger partial charge is 0.305 e. The molecule has 6 nitrogen and oxygen atoms in total. The van der Waals surface area contributed by atoms with E-state index in [4.69, 9.17) is 4.74 Å². The van der Waals surface area contributed by atoms with Crippen LogP contribution >= 0.6 is 0 Å². The lowest BCUT2D eigenvalue weighted by molar-refractivity contribution is -0.143. The molecule has 0 radical (unpaired) electrons. The van der Waals surface area contributed by atoms with Crippen molar-refractivity contribution in [3.63, 3.8) is 0 Å². The Bertz CT molecular complexity index is 898. The molecule has 0 aromatic rings. The Hall–Kier alpha value is -1.14. The molecule has 63 heavy (non-hydrogen) atoms. The monoisotopic (exact) mass is 892 g/mol. The Balaban J connectivity index is 3.39. The number of aliphatic hydroxyl groups is 2. The van der Waals surface area contributed by atoms with Crippen molar-refractivity contribution in [1.29, 1.82) is 0 Å². The zero-order valence-electron chi connectivity index (χ0n) is 42.8. The molecule has 6 heteroatoms. The van der Waals surface area contributed by atoms with Crippen molar-refractivity contribution < 1.29 is 24.5 Å². The quantitative estimate of drug-likeness (QED) is 0.0418. The van der Waals surface area contributed by atoms with Gasteiger partial charge < -0.3 is 20.3 Å². The number of hydrogen-bond acceptors (Lipinski definition) is 5. The highest BCUT2D eigenvalue weighted by Gasteiger charge is 2.20. The van der Waals surface area contributed by atoms with Crippen LogP contribution in [0.2, 0.25) is 0 Å². The van der Waals surface area contributed by atoms with Crippen LogP contribution < -0.4 is 5.32 Å². The van der Waals surface area contributed by atoms with Gasteiger partial charge in [0.1, 0.15) is 0 Å². The van der Waals surface area contributed by atoms with Gasteiger partial charge in [-0.2, -0.15) is 0 Å². The number of ether oxygens (including phenoxy) is 1. The van der Waals surface area contributed by atoms with E-state index in [0.29, 0.717) is 25.9 Å². The average Bonchev–Trinajstić information content (AvgIpc) is 3.28. The predicted octanol–water partition coefficient (Wildman–Crippen LogP) is 17.5. The van der Waals surface area contributed by atoms with Crippen molar-refractivity contribution in [2.24, 2.45) is 0 Å². The topological polar surface area (TPSA) is 95.9 Å². The molecule has 2 atom stereocenters. The number of hydrogen-bond donors (Lipinski definition) is 3. The summed E-state index contributed by atoms with van der Waals surface area (Å²) in [5.41, 5.74) is 0. The normalized spacial score (nSPS) is 12.5. The van der Waals surface area contributed by atoms with Gasteiger partial charge in [-0.3, -0.25) is 9.59 Å². The van der Waals surface area contributed by atoms with E-state index in [1.165, 1.54) is 257 Å². The molecule has 3 N–H and O–H groups in total. The van der Waals surface area contributed by atoms with Crippen LogP contribution in [-0.2, 0) is 14.3 Å². The molecule has 2 unspecified atom stereocenters. The summed E-state index contributed by atoms with van der Waals surface area (Å²) in [5.74, 6) is -0.0288. The minimum absolute atomic E-state index is 0.00913. The highest BCUT2D eigenvalue weighted by Crippen LogP contribution is 2.18. The summed E-state index contributed by atoms with van der Waals surface area (Å²) >= 11 is 0. The molecule has 0 saturated heterocycles. The van der Waals surface area contributed by atoms with Gasteiger partial charge in [0.05, 0.1) is 25.4 Å². The van der Waals surface area contributed by atoms with Crippen molar-refractivity contribution in [2.45, 2.75) is 341 Å². The van der Waals surface area contributed by atoms with Crippen molar-refractivity contribution in [1.82, 2.24) is 5.32 Å². The number of aliphatic hydroxyl groups excluding tert-OH is 2. The molecule has 0 fully saturated rings. The highest BCUT2D eigenvalue weighted by molar-refractivity contribution is 5.76. The first-order chi connectivity index (χ1) is 31.0. The SMILES string of the molecule is CCCCCCCCCCCCCCCCCC(=O)OCCCCCCCCCCCCCCCCCCCC(=O)NC(CO)C(O)CCCCCCCCCCCCCCCC. The lowest BCUT2D eigenvalue weighted by Gasteiger charge is -2.22. The third-order valence-corrected chi connectivity index (χ3v) is 13.7.